The maximum absolute atomic E-state index is 12.9. The maximum atomic E-state index is 12.9. The zero-order valence-corrected chi connectivity index (χ0v) is 20.5. The number of rotatable bonds is 7. The van der Waals surface area contributed by atoms with E-state index in [0.717, 1.165) is 28.6 Å². The summed E-state index contributed by atoms with van der Waals surface area (Å²) < 4.78 is 4.88. The van der Waals surface area contributed by atoms with Gasteiger partial charge in [0.2, 0.25) is 0 Å². The van der Waals surface area contributed by atoms with Crippen molar-refractivity contribution in [1.82, 2.24) is 14.8 Å². The number of anilines is 1. The maximum Gasteiger partial charge on any atom is 0.339 e. The number of carbonyl (C=O) groups is 1. The van der Waals surface area contributed by atoms with Gasteiger partial charge in [0.05, 0.1) is 30.4 Å². The molecule has 0 spiro atoms. The van der Waals surface area contributed by atoms with Crippen molar-refractivity contribution >= 4 is 39.9 Å². The summed E-state index contributed by atoms with van der Waals surface area (Å²) in [5.41, 5.74) is 4.49. The number of pyridine rings is 1. The lowest BCUT2D eigenvalue weighted by Gasteiger charge is -2.27. The van der Waals surface area contributed by atoms with Gasteiger partial charge in [-0.15, -0.1) is 0 Å². The van der Waals surface area contributed by atoms with Crippen LogP contribution in [-0.4, -0.2) is 60.2 Å². The molecular formula is C25H30N4O3S. The van der Waals surface area contributed by atoms with E-state index in [9.17, 15) is 9.59 Å². The average Bonchev–Trinajstić information content (AvgIpc) is 2.79. The Kier molecular flexibility index (Phi) is 7.84. The van der Waals surface area contributed by atoms with Gasteiger partial charge in [-0.1, -0.05) is 24.3 Å². The van der Waals surface area contributed by atoms with Crippen LogP contribution in [0.15, 0.2) is 47.3 Å². The van der Waals surface area contributed by atoms with Crippen LogP contribution in [0, 0.1) is 13.8 Å². The van der Waals surface area contributed by atoms with Crippen LogP contribution < -0.4 is 10.9 Å². The first-order valence-electron chi connectivity index (χ1n) is 10.7. The number of benzene rings is 2. The molecule has 0 unspecified atom stereocenters. The lowest BCUT2D eigenvalue weighted by Crippen LogP contribution is -2.40. The molecule has 0 aliphatic carbocycles. The molecule has 7 nitrogen and oxygen atoms in total. The second kappa shape index (κ2) is 10.6. The molecule has 8 heteroatoms. The third-order valence-electron chi connectivity index (χ3n) is 5.67. The summed E-state index contributed by atoms with van der Waals surface area (Å²) in [5.74, 6) is -0.447. The van der Waals surface area contributed by atoms with Gasteiger partial charge in [0.25, 0.3) is 5.56 Å². The van der Waals surface area contributed by atoms with Crippen molar-refractivity contribution in [2.75, 3.05) is 39.6 Å². The quantitative estimate of drug-likeness (QED) is 0.406. The van der Waals surface area contributed by atoms with E-state index < -0.39 is 5.97 Å². The summed E-state index contributed by atoms with van der Waals surface area (Å²) in [5, 5.41) is 4.57. The van der Waals surface area contributed by atoms with Gasteiger partial charge in [-0.05, 0) is 74.9 Å². The Morgan fingerprint density at radius 1 is 1.12 bits per heavy atom. The molecule has 0 amide bonds. The van der Waals surface area contributed by atoms with Crippen LogP contribution in [0.2, 0.25) is 0 Å². The minimum atomic E-state index is -0.447. The highest BCUT2D eigenvalue weighted by Crippen LogP contribution is 2.20. The predicted octanol–water partition coefficient (Wildman–Crippen LogP) is 3.69. The number of methoxy groups -OCH3 is 1. The van der Waals surface area contributed by atoms with Gasteiger partial charge in [-0.25, -0.2) is 4.79 Å². The van der Waals surface area contributed by atoms with Crippen molar-refractivity contribution in [2.45, 2.75) is 20.4 Å². The number of carbonyl (C=O) groups excluding carboxylic acids is 1. The highest BCUT2D eigenvalue weighted by molar-refractivity contribution is 7.80. The second-order valence-corrected chi connectivity index (χ2v) is 8.67. The molecule has 0 atom stereocenters. The average molecular weight is 467 g/mol. The van der Waals surface area contributed by atoms with Gasteiger partial charge in [0.15, 0.2) is 5.11 Å². The minimum absolute atomic E-state index is 0.135. The van der Waals surface area contributed by atoms with Crippen LogP contribution in [0.3, 0.4) is 0 Å². The Hall–Kier alpha value is -3.23. The number of ether oxygens (including phenoxy) is 1. The monoisotopic (exact) mass is 466 g/mol. The smallest absolute Gasteiger partial charge is 0.339 e. The van der Waals surface area contributed by atoms with Crippen molar-refractivity contribution in [3.05, 3.63) is 75.1 Å². The molecule has 0 aliphatic heterocycles. The molecule has 0 saturated heterocycles. The largest absolute Gasteiger partial charge is 0.465 e. The van der Waals surface area contributed by atoms with Gasteiger partial charge >= 0.3 is 5.97 Å². The van der Waals surface area contributed by atoms with E-state index in [-0.39, 0.29) is 5.56 Å². The van der Waals surface area contributed by atoms with Gasteiger partial charge in [0, 0.05) is 18.7 Å². The molecule has 3 aromatic rings. The lowest BCUT2D eigenvalue weighted by molar-refractivity contribution is 0.0602. The van der Waals surface area contributed by atoms with E-state index in [4.69, 9.17) is 17.0 Å². The Bertz CT molecular complexity index is 1240. The standard InChI is InChI=1S/C25H30N4O3S/c1-16-10-11-18-14-19(23(30)27-22(18)17(16)2)15-29(13-12-28(3)4)25(33)26-21-9-7-6-8-20(21)24(31)32-5/h6-11,14H,12-13,15H2,1-5H3,(H,26,33)(H,27,30). The first-order valence-corrected chi connectivity index (χ1v) is 11.1. The number of esters is 1. The van der Waals surface area contributed by atoms with Gasteiger partial charge in [-0.2, -0.15) is 0 Å². The van der Waals surface area contributed by atoms with Crippen LogP contribution in [0.4, 0.5) is 5.69 Å². The topological polar surface area (TPSA) is 77.7 Å². The molecule has 0 radical (unpaired) electrons. The number of para-hydroxylation sites is 1. The number of nitrogens with one attached hydrogen (secondary N) is 2. The number of hydrogen-bond acceptors (Lipinski definition) is 5. The fourth-order valence-electron chi connectivity index (χ4n) is 3.54. The number of hydrogen-bond donors (Lipinski definition) is 2. The molecule has 2 aromatic carbocycles. The molecular weight excluding hydrogens is 436 g/mol. The van der Waals surface area contributed by atoms with Crippen LogP contribution in [-0.2, 0) is 11.3 Å². The molecule has 1 heterocycles. The van der Waals surface area contributed by atoms with Gasteiger partial charge in [0.1, 0.15) is 0 Å². The van der Waals surface area contributed by atoms with E-state index in [0.29, 0.717) is 35.0 Å². The fraction of sp³-hybridized carbons (Fsp3) is 0.320. The number of nitrogens with zero attached hydrogens (tertiary/aromatic N) is 2. The predicted molar refractivity (Wildman–Crippen MR) is 137 cm³/mol. The Labute approximate surface area is 199 Å². The number of thiocarbonyl (C=S) groups is 1. The summed E-state index contributed by atoms with van der Waals surface area (Å²) in [4.78, 5) is 32.1. The minimum Gasteiger partial charge on any atom is -0.465 e. The molecule has 2 N–H and O–H groups in total. The third kappa shape index (κ3) is 5.77. The Morgan fingerprint density at radius 3 is 2.55 bits per heavy atom. The molecule has 0 fully saturated rings. The molecule has 33 heavy (non-hydrogen) atoms. The zero-order valence-electron chi connectivity index (χ0n) is 19.7. The Balaban J connectivity index is 1.91. The van der Waals surface area contributed by atoms with Crippen molar-refractivity contribution < 1.29 is 9.53 Å². The summed E-state index contributed by atoms with van der Waals surface area (Å²) in [7, 11) is 5.31. The summed E-state index contributed by atoms with van der Waals surface area (Å²) >= 11 is 5.70. The first-order chi connectivity index (χ1) is 15.7. The van der Waals surface area contributed by atoms with Crippen LogP contribution >= 0.6 is 12.2 Å². The van der Waals surface area contributed by atoms with Crippen LogP contribution in [0.1, 0.15) is 27.0 Å². The van der Waals surface area contributed by atoms with E-state index in [2.05, 4.69) is 21.3 Å². The summed E-state index contributed by atoms with van der Waals surface area (Å²) in [6.45, 7) is 5.71. The van der Waals surface area contributed by atoms with Crippen LogP contribution in [0.25, 0.3) is 10.9 Å². The number of aromatic nitrogens is 1. The summed E-state index contributed by atoms with van der Waals surface area (Å²) in [6.07, 6.45) is 0. The van der Waals surface area contributed by atoms with E-state index >= 15 is 0 Å². The highest BCUT2D eigenvalue weighted by atomic mass is 32.1. The van der Waals surface area contributed by atoms with Gasteiger partial charge in [-0.3, -0.25) is 4.79 Å². The fourth-order valence-corrected chi connectivity index (χ4v) is 3.81. The third-order valence-corrected chi connectivity index (χ3v) is 6.03. The first kappa shape index (κ1) is 24.4. The van der Waals surface area contributed by atoms with Crippen LogP contribution in [0.5, 0.6) is 0 Å². The van der Waals surface area contributed by atoms with E-state index in [1.807, 2.05) is 51.0 Å². The van der Waals surface area contributed by atoms with Gasteiger partial charge < -0.3 is 24.8 Å². The summed E-state index contributed by atoms with van der Waals surface area (Å²) in [6, 6.07) is 13.0. The Morgan fingerprint density at radius 2 is 1.85 bits per heavy atom. The normalized spacial score (nSPS) is 11.0. The number of aryl methyl sites for hydroxylation is 2. The SMILES string of the molecule is COC(=O)c1ccccc1NC(=S)N(CCN(C)C)Cc1cc2ccc(C)c(C)c2[nH]c1=O. The number of aromatic amines is 1. The van der Waals surface area contributed by atoms with Crippen molar-refractivity contribution in [3.63, 3.8) is 0 Å². The highest BCUT2D eigenvalue weighted by Gasteiger charge is 2.17. The zero-order chi connectivity index (χ0) is 24.1. The van der Waals surface area contributed by atoms with E-state index in [1.165, 1.54) is 7.11 Å². The molecule has 0 aliphatic rings. The molecule has 3 rings (SSSR count). The van der Waals surface area contributed by atoms with Crippen molar-refractivity contribution in [3.8, 4) is 0 Å². The van der Waals surface area contributed by atoms with E-state index in [1.54, 1.807) is 18.2 Å². The molecule has 0 saturated carbocycles. The number of fused-ring (bicyclic) bond motifs is 1. The van der Waals surface area contributed by atoms with Crippen molar-refractivity contribution in [2.24, 2.45) is 0 Å². The lowest BCUT2D eigenvalue weighted by atomic mass is 10.0. The molecule has 1 aromatic heterocycles. The molecule has 0 bridgehead atoms. The number of H-pyrrole nitrogens is 1. The molecule has 174 valence electrons. The second-order valence-electron chi connectivity index (χ2n) is 8.29. The van der Waals surface area contributed by atoms with Crippen molar-refractivity contribution in [1.29, 1.82) is 0 Å². The number of likely N-dealkylation sites (N-methyl/N-ethyl adjacent to an activating group) is 1.